The molecule has 1 aliphatic heterocycles. The van der Waals surface area contributed by atoms with Gasteiger partial charge in [0.25, 0.3) is 0 Å². The predicted octanol–water partition coefficient (Wildman–Crippen LogP) is 2.83. The minimum atomic E-state index is -0.781. The van der Waals surface area contributed by atoms with Crippen LogP contribution >= 0.6 is 0 Å². The molecule has 1 heterocycles. The smallest absolute Gasteiger partial charge is 0.410 e. The van der Waals surface area contributed by atoms with E-state index in [1.807, 2.05) is 30.3 Å². The van der Waals surface area contributed by atoms with Gasteiger partial charge in [-0.15, -0.1) is 0 Å². The van der Waals surface area contributed by atoms with Crippen LogP contribution in [0.4, 0.5) is 9.59 Å². The summed E-state index contributed by atoms with van der Waals surface area (Å²) in [7, 11) is 0. The van der Waals surface area contributed by atoms with E-state index in [4.69, 9.17) is 9.47 Å². The van der Waals surface area contributed by atoms with Crippen molar-refractivity contribution in [1.29, 1.82) is 0 Å². The Morgan fingerprint density at radius 2 is 1.67 bits per heavy atom. The number of benzene rings is 1. The van der Waals surface area contributed by atoms with Gasteiger partial charge < -0.3 is 29.9 Å². The molecule has 2 rings (SSSR count). The van der Waals surface area contributed by atoms with Crippen LogP contribution in [-0.2, 0) is 25.7 Å². The minimum absolute atomic E-state index is 0.0930. The minimum Gasteiger partial charge on any atom is -0.445 e. The number of rotatable bonds is 10. The third-order valence-electron chi connectivity index (χ3n) is 5.45. The highest BCUT2D eigenvalue weighted by molar-refractivity contribution is 5.87. The molecule has 36 heavy (non-hydrogen) atoms. The number of carbonyl (C=O) groups is 4. The third-order valence-corrected chi connectivity index (χ3v) is 5.45. The molecule has 1 fully saturated rings. The summed E-state index contributed by atoms with van der Waals surface area (Å²) in [6, 6.07) is 8.49. The van der Waals surface area contributed by atoms with Gasteiger partial charge in [0, 0.05) is 32.7 Å². The van der Waals surface area contributed by atoms with Crippen LogP contribution in [0, 0.1) is 0 Å². The van der Waals surface area contributed by atoms with Crippen LogP contribution in [-0.4, -0.2) is 78.2 Å². The van der Waals surface area contributed by atoms with Crippen molar-refractivity contribution < 1.29 is 28.7 Å². The molecule has 0 bridgehead atoms. The second kappa shape index (κ2) is 14.1. The highest BCUT2D eigenvalue weighted by Gasteiger charge is 2.31. The molecule has 0 unspecified atom stereocenters. The summed E-state index contributed by atoms with van der Waals surface area (Å²) >= 11 is 0. The van der Waals surface area contributed by atoms with Crippen LogP contribution in [0.25, 0.3) is 0 Å². The number of amides is 4. The van der Waals surface area contributed by atoms with Crippen molar-refractivity contribution in [1.82, 2.24) is 20.4 Å². The largest absolute Gasteiger partial charge is 0.445 e. The highest BCUT2D eigenvalue weighted by Crippen LogP contribution is 2.14. The SMILES string of the molecule is C=CC(=O)NCCCC[C@H](NC(=O)OCc1ccccc1)C(=O)N1CCN(C(=O)OC(C)(C)C)CC1. The Morgan fingerprint density at radius 3 is 2.28 bits per heavy atom. The molecule has 10 nitrogen and oxygen atoms in total. The molecule has 1 saturated heterocycles. The van der Waals surface area contributed by atoms with Gasteiger partial charge in [0.05, 0.1) is 0 Å². The van der Waals surface area contributed by atoms with E-state index in [1.54, 1.807) is 30.6 Å². The summed E-state index contributed by atoms with van der Waals surface area (Å²) < 4.78 is 10.7. The monoisotopic (exact) mass is 502 g/mol. The number of hydrogen-bond donors (Lipinski definition) is 2. The normalized spacial score (nSPS) is 14.4. The maximum absolute atomic E-state index is 13.3. The lowest BCUT2D eigenvalue weighted by atomic mass is 10.1. The molecule has 4 amide bonds. The summed E-state index contributed by atoms with van der Waals surface area (Å²) in [6.45, 7) is 10.7. The average Bonchev–Trinajstić information content (AvgIpc) is 2.85. The summed E-state index contributed by atoms with van der Waals surface area (Å²) in [4.78, 5) is 52.6. The first kappa shape index (κ1) is 28.7. The topological polar surface area (TPSA) is 117 Å². The Balaban J connectivity index is 1.92. The third kappa shape index (κ3) is 10.4. The number of carbonyl (C=O) groups excluding carboxylic acids is 4. The van der Waals surface area contributed by atoms with Crippen LogP contribution in [0.2, 0.25) is 0 Å². The maximum atomic E-state index is 13.3. The van der Waals surface area contributed by atoms with Gasteiger partial charge in [-0.3, -0.25) is 9.59 Å². The van der Waals surface area contributed by atoms with Crippen molar-refractivity contribution in [2.45, 2.75) is 58.3 Å². The molecule has 0 radical (unpaired) electrons. The molecule has 0 aliphatic carbocycles. The number of nitrogens with one attached hydrogen (secondary N) is 2. The molecule has 2 N–H and O–H groups in total. The fourth-order valence-electron chi connectivity index (χ4n) is 3.58. The van der Waals surface area contributed by atoms with E-state index in [0.717, 1.165) is 5.56 Å². The van der Waals surface area contributed by atoms with E-state index >= 15 is 0 Å². The fourth-order valence-corrected chi connectivity index (χ4v) is 3.58. The number of piperazine rings is 1. The Kier molecular flexibility index (Phi) is 11.2. The summed E-state index contributed by atoms with van der Waals surface area (Å²) in [5.74, 6) is -0.487. The van der Waals surface area contributed by atoms with Gasteiger partial charge in [-0.05, 0) is 51.7 Å². The fraction of sp³-hybridized carbons (Fsp3) is 0.538. The molecule has 1 aromatic carbocycles. The van der Waals surface area contributed by atoms with Gasteiger partial charge in [-0.25, -0.2) is 9.59 Å². The molecule has 10 heteroatoms. The Labute approximate surface area is 213 Å². The van der Waals surface area contributed by atoms with E-state index in [1.165, 1.54) is 6.08 Å². The highest BCUT2D eigenvalue weighted by atomic mass is 16.6. The van der Waals surface area contributed by atoms with Crippen LogP contribution in [0.1, 0.15) is 45.6 Å². The van der Waals surface area contributed by atoms with E-state index in [-0.39, 0.29) is 18.4 Å². The Bertz CT molecular complexity index is 891. The van der Waals surface area contributed by atoms with E-state index in [9.17, 15) is 19.2 Å². The second-order valence-electron chi connectivity index (χ2n) is 9.54. The van der Waals surface area contributed by atoms with Gasteiger partial charge in [0.1, 0.15) is 18.2 Å². The lowest BCUT2D eigenvalue weighted by Crippen LogP contribution is -2.56. The molecular weight excluding hydrogens is 464 g/mol. The van der Waals surface area contributed by atoms with Crippen molar-refractivity contribution >= 4 is 24.0 Å². The van der Waals surface area contributed by atoms with Crippen molar-refractivity contribution in [3.05, 3.63) is 48.6 Å². The van der Waals surface area contributed by atoms with Crippen LogP contribution in [0.15, 0.2) is 43.0 Å². The summed E-state index contributed by atoms with van der Waals surface area (Å²) in [6.07, 6.45) is 1.74. The molecular formula is C26H38N4O6. The zero-order valence-corrected chi connectivity index (χ0v) is 21.5. The molecule has 0 aromatic heterocycles. The Hall–Kier alpha value is -3.56. The van der Waals surface area contributed by atoms with Crippen LogP contribution in [0.3, 0.4) is 0 Å². The lowest BCUT2D eigenvalue weighted by Gasteiger charge is -2.37. The molecule has 1 aliphatic rings. The summed E-state index contributed by atoms with van der Waals surface area (Å²) in [5.41, 5.74) is 0.247. The molecule has 198 valence electrons. The van der Waals surface area contributed by atoms with Crippen molar-refractivity contribution in [2.75, 3.05) is 32.7 Å². The zero-order valence-electron chi connectivity index (χ0n) is 21.5. The maximum Gasteiger partial charge on any atom is 0.410 e. The predicted molar refractivity (Wildman–Crippen MR) is 135 cm³/mol. The van der Waals surface area contributed by atoms with Crippen molar-refractivity contribution in [2.24, 2.45) is 0 Å². The van der Waals surface area contributed by atoms with Gasteiger partial charge >= 0.3 is 12.2 Å². The first-order valence-corrected chi connectivity index (χ1v) is 12.2. The first-order chi connectivity index (χ1) is 17.1. The van der Waals surface area contributed by atoms with E-state index in [2.05, 4.69) is 17.2 Å². The standard InChI is InChI=1S/C26H38N4O6/c1-5-22(31)27-14-10-9-13-21(28-24(33)35-19-20-11-7-6-8-12-20)23(32)29-15-17-30(18-16-29)25(34)36-26(2,3)4/h5-8,11-12,21H,1,9-10,13-19H2,2-4H3,(H,27,31)(H,28,33)/t21-/m0/s1. The number of unbranched alkanes of at least 4 members (excludes halogenated alkanes) is 1. The van der Waals surface area contributed by atoms with Crippen molar-refractivity contribution in [3.8, 4) is 0 Å². The quantitative estimate of drug-likeness (QED) is 0.375. The van der Waals surface area contributed by atoms with E-state index < -0.39 is 23.8 Å². The van der Waals surface area contributed by atoms with E-state index in [0.29, 0.717) is 52.0 Å². The zero-order chi connectivity index (χ0) is 26.6. The van der Waals surface area contributed by atoms with Gasteiger partial charge in [-0.1, -0.05) is 36.9 Å². The Morgan fingerprint density at radius 1 is 1.03 bits per heavy atom. The average molecular weight is 503 g/mol. The number of nitrogens with zero attached hydrogens (tertiary/aromatic N) is 2. The van der Waals surface area contributed by atoms with Gasteiger partial charge in [0.15, 0.2) is 0 Å². The van der Waals surface area contributed by atoms with Gasteiger partial charge in [-0.2, -0.15) is 0 Å². The van der Waals surface area contributed by atoms with Crippen LogP contribution in [0.5, 0.6) is 0 Å². The first-order valence-electron chi connectivity index (χ1n) is 12.2. The number of hydrogen-bond acceptors (Lipinski definition) is 6. The molecule has 1 aromatic rings. The van der Waals surface area contributed by atoms with Gasteiger partial charge in [0.2, 0.25) is 11.8 Å². The van der Waals surface area contributed by atoms with Crippen molar-refractivity contribution in [3.63, 3.8) is 0 Å². The molecule has 0 spiro atoms. The van der Waals surface area contributed by atoms with Crippen LogP contribution < -0.4 is 10.6 Å². The molecule has 0 saturated carbocycles. The number of alkyl carbamates (subject to hydrolysis) is 1. The lowest BCUT2D eigenvalue weighted by molar-refractivity contribution is -0.135. The molecule has 1 atom stereocenters. The number of ether oxygens (including phenoxy) is 2. The summed E-state index contributed by atoms with van der Waals surface area (Å²) in [5, 5.41) is 5.39. The second-order valence-corrected chi connectivity index (χ2v) is 9.54.